The summed E-state index contributed by atoms with van der Waals surface area (Å²) in [5, 5.41) is 84.8. The zero-order chi connectivity index (χ0) is 86.8. The standard InChI is InChI=1S/C71H120N20O23/c1-34(2)27-44(61(103)84-45(28-39-17-11-10-12-18-39)62(104)81-43(71(113)114)22-24-51(76)97)83-64(106)47(31-92)85-60(102)41(19-13-15-25-72)79-59(101)42(20-14-16-26-73)80-68(110)54(35(3)4)88-53(99)30-78-67(109)57(38(9)95)91-66(108)49(33-94)87-69(111)55(36(5)6)90-70(112)56(37(7)8)89-65(107)48(32-93)86-63(105)46(29-52(77)98)82-58(100)40(74)21-23-50(75)96/h10-12,17-18,34-38,40-49,54-57,92-95H,13-16,19-33,72-74H2,1-9H3,(H2,75,96)(H2,76,97)(H2,77,98)(H,78,109)(H,79,101)(H,80,110)(H,81,104)(H,82,100)(H,83,106)(H,84,103)(H,85,102)(H,86,105)(H,87,111)(H,88,99)(H,89,107)(H,90,112)(H,91,108)(H,113,114). The number of nitrogens with one attached hydrogen (secondary N) is 14. The Balaban J connectivity index is 3.33. The molecule has 0 heterocycles. The zero-order valence-electron chi connectivity index (χ0n) is 65.8. The lowest BCUT2D eigenvalue weighted by molar-refractivity contribution is -0.142. The first kappa shape index (κ1) is 101. The van der Waals surface area contributed by atoms with Gasteiger partial charge in [0.05, 0.1) is 44.9 Å². The van der Waals surface area contributed by atoms with Crippen molar-refractivity contribution in [2.24, 2.45) is 58.1 Å². The summed E-state index contributed by atoms with van der Waals surface area (Å²) in [5.41, 5.74) is 33.4. The summed E-state index contributed by atoms with van der Waals surface area (Å²) in [6.45, 7) is 9.60. The average molecular weight is 1620 g/mol. The van der Waals surface area contributed by atoms with Gasteiger partial charge in [-0.2, -0.15) is 0 Å². The number of aliphatic carboxylic acids is 1. The largest absolute Gasteiger partial charge is 0.480 e. The van der Waals surface area contributed by atoms with Gasteiger partial charge in [0, 0.05) is 19.3 Å². The van der Waals surface area contributed by atoms with Crippen molar-refractivity contribution in [2.75, 3.05) is 39.5 Å². The Morgan fingerprint density at radius 1 is 0.368 bits per heavy atom. The van der Waals surface area contributed by atoms with Gasteiger partial charge in [0.2, 0.25) is 100 Å². The van der Waals surface area contributed by atoms with Crippen molar-refractivity contribution in [3.05, 3.63) is 35.9 Å². The molecule has 0 spiro atoms. The van der Waals surface area contributed by atoms with Gasteiger partial charge in [-0.1, -0.05) is 85.7 Å². The lowest BCUT2D eigenvalue weighted by Crippen LogP contribution is -2.63. The Hall–Kier alpha value is -10.6. The Morgan fingerprint density at radius 2 is 0.719 bits per heavy atom. The van der Waals surface area contributed by atoms with E-state index < -0.39 is 248 Å². The molecule has 0 radical (unpaired) electrons. The van der Waals surface area contributed by atoms with Crippen molar-refractivity contribution in [3.8, 4) is 0 Å². The molecule has 43 nitrogen and oxygen atoms in total. The van der Waals surface area contributed by atoms with E-state index in [1.165, 1.54) is 41.5 Å². The minimum atomic E-state index is -1.89. The van der Waals surface area contributed by atoms with Gasteiger partial charge in [0.25, 0.3) is 0 Å². The summed E-state index contributed by atoms with van der Waals surface area (Å²) < 4.78 is 0. The number of carbonyl (C=O) groups is 18. The SMILES string of the molecule is CC(C)CC(NC(=O)C(CO)NC(=O)C(CCCCN)NC(=O)C(CCCCN)NC(=O)C(NC(=O)CNC(=O)C(NC(=O)C(CO)NC(=O)C(NC(=O)C(NC(=O)C(CO)NC(=O)C(CC(N)=O)NC(=O)C(N)CCC(N)=O)C(C)C)C(C)C)C(C)O)C(C)C)C(=O)NC(Cc1ccccc1)C(=O)NC(CCC(N)=O)C(=O)O. The number of carboxylic acid groups (broad SMARTS) is 1. The van der Waals surface area contributed by atoms with Crippen LogP contribution < -0.4 is 109 Å². The van der Waals surface area contributed by atoms with Gasteiger partial charge in [-0.25, -0.2) is 4.79 Å². The van der Waals surface area contributed by atoms with Gasteiger partial charge >= 0.3 is 5.97 Å². The number of hydrogen-bond acceptors (Lipinski definition) is 25. The lowest BCUT2D eigenvalue weighted by atomic mass is 9.99. The second-order valence-corrected chi connectivity index (χ2v) is 28.8. The summed E-state index contributed by atoms with van der Waals surface area (Å²) in [4.78, 5) is 239. The zero-order valence-corrected chi connectivity index (χ0v) is 65.8. The molecule has 0 saturated heterocycles. The predicted octanol–water partition coefficient (Wildman–Crippen LogP) is -9.90. The van der Waals surface area contributed by atoms with Crippen molar-refractivity contribution >= 4 is 106 Å². The van der Waals surface area contributed by atoms with Crippen LogP contribution in [0.25, 0.3) is 0 Å². The van der Waals surface area contributed by atoms with Crippen LogP contribution in [-0.4, -0.2) is 262 Å². The molecular weight excluding hydrogens is 1500 g/mol. The average Bonchev–Trinajstić information content (AvgIpc) is 0.856. The number of benzene rings is 1. The molecule has 17 amide bonds. The first-order valence-electron chi connectivity index (χ1n) is 37.5. The summed E-state index contributed by atoms with van der Waals surface area (Å²) in [7, 11) is 0. The predicted molar refractivity (Wildman–Crippen MR) is 407 cm³/mol. The minimum Gasteiger partial charge on any atom is -0.480 e. The van der Waals surface area contributed by atoms with Crippen LogP contribution in [0.1, 0.15) is 145 Å². The van der Waals surface area contributed by atoms with Crippen LogP contribution >= 0.6 is 0 Å². The molecule has 0 saturated carbocycles. The van der Waals surface area contributed by atoms with E-state index in [4.69, 9.17) is 34.4 Å². The Morgan fingerprint density at radius 3 is 1.15 bits per heavy atom. The highest BCUT2D eigenvalue weighted by atomic mass is 16.4. The molecule has 0 bridgehead atoms. The fraction of sp³-hybridized carbons (Fsp3) is 0.662. The number of rotatable bonds is 56. The van der Waals surface area contributed by atoms with Gasteiger partial charge in [0.15, 0.2) is 0 Å². The van der Waals surface area contributed by atoms with Gasteiger partial charge in [0.1, 0.15) is 78.5 Å². The number of carboxylic acids is 1. The first-order chi connectivity index (χ1) is 53.5. The highest BCUT2D eigenvalue weighted by Crippen LogP contribution is 2.14. The fourth-order valence-electron chi connectivity index (χ4n) is 10.9. The van der Waals surface area contributed by atoms with E-state index in [-0.39, 0.29) is 83.2 Å². The number of aliphatic hydroxyl groups is 4. The molecule has 31 N–H and O–H groups in total. The number of primary amides is 3. The summed E-state index contributed by atoms with van der Waals surface area (Å²) in [6, 6.07) is -14.0. The van der Waals surface area contributed by atoms with Crippen LogP contribution in [0.4, 0.5) is 0 Å². The number of unbranched alkanes of at least 4 members (excludes halogenated alkanes) is 2. The third-order valence-electron chi connectivity index (χ3n) is 17.5. The fourth-order valence-corrected chi connectivity index (χ4v) is 10.9. The molecule has 1 aromatic carbocycles. The smallest absolute Gasteiger partial charge is 0.326 e. The highest BCUT2D eigenvalue weighted by molar-refractivity contribution is 6.01. The number of carbonyl (C=O) groups excluding carboxylic acids is 17. The lowest BCUT2D eigenvalue weighted by Gasteiger charge is -2.29. The molecule has 15 atom stereocenters. The quantitative estimate of drug-likeness (QED) is 0.0269. The maximum absolute atomic E-state index is 14.3. The monoisotopic (exact) mass is 1620 g/mol. The number of nitrogens with two attached hydrogens (primary N) is 6. The molecule has 1 aromatic rings. The maximum atomic E-state index is 14.3. The normalized spacial score (nSPS) is 15.2. The van der Waals surface area contributed by atoms with E-state index in [2.05, 4.69) is 74.4 Å². The van der Waals surface area contributed by atoms with Gasteiger partial charge in [-0.05, 0) is 107 Å². The molecule has 642 valence electrons. The molecule has 0 aliphatic rings. The van der Waals surface area contributed by atoms with Crippen LogP contribution in [0.15, 0.2) is 30.3 Å². The van der Waals surface area contributed by atoms with Crippen LogP contribution in [-0.2, 0) is 92.7 Å². The van der Waals surface area contributed by atoms with Crippen LogP contribution in [0.2, 0.25) is 0 Å². The van der Waals surface area contributed by atoms with Crippen molar-refractivity contribution in [2.45, 2.75) is 236 Å². The van der Waals surface area contributed by atoms with Crippen molar-refractivity contribution in [1.29, 1.82) is 0 Å². The van der Waals surface area contributed by atoms with Crippen molar-refractivity contribution in [1.82, 2.24) is 74.4 Å². The second kappa shape index (κ2) is 52.7. The second-order valence-electron chi connectivity index (χ2n) is 28.8. The molecule has 43 heteroatoms. The molecule has 0 aromatic heterocycles. The van der Waals surface area contributed by atoms with Crippen molar-refractivity contribution in [3.63, 3.8) is 0 Å². The topological polar surface area (TPSA) is 733 Å². The van der Waals surface area contributed by atoms with Gasteiger partial charge in [-0.3, -0.25) is 81.5 Å². The summed E-state index contributed by atoms with van der Waals surface area (Å²) in [6.07, 6.45) is -3.07. The van der Waals surface area contributed by atoms with Crippen LogP contribution in [0.5, 0.6) is 0 Å². The molecular formula is C71H120N20O23. The van der Waals surface area contributed by atoms with E-state index in [1.54, 1.807) is 44.2 Å². The summed E-state index contributed by atoms with van der Waals surface area (Å²) in [5.74, 6) is -21.5. The Bertz CT molecular complexity index is 3410. The highest BCUT2D eigenvalue weighted by Gasteiger charge is 2.39. The molecule has 0 aliphatic carbocycles. The van der Waals surface area contributed by atoms with E-state index in [0.29, 0.717) is 18.4 Å². The third-order valence-corrected chi connectivity index (χ3v) is 17.5. The molecule has 0 fully saturated rings. The summed E-state index contributed by atoms with van der Waals surface area (Å²) >= 11 is 0. The molecule has 15 unspecified atom stereocenters. The van der Waals surface area contributed by atoms with E-state index in [1.807, 2.05) is 0 Å². The third kappa shape index (κ3) is 37.8. The van der Waals surface area contributed by atoms with E-state index >= 15 is 0 Å². The number of amides is 17. The minimum absolute atomic E-state index is 0.0610. The number of aliphatic hydroxyl groups excluding tert-OH is 4. The van der Waals surface area contributed by atoms with E-state index in [0.717, 1.165) is 6.92 Å². The van der Waals surface area contributed by atoms with Gasteiger partial charge < -0.3 is 134 Å². The van der Waals surface area contributed by atoms with Gasteiger partial charge in [-0.15, -0.1) is 0 Å². The van der Waals surface area contributed by atoms with Crippen LogP contribution in [0.3, 0.4) is 0 Å². The molecule has 114 heavy (non-hydrogen) atoms. The van der Waals surface area contributed by atoms with E-state index in [9.17, 15) is 112 Å². The molecule has 0 aliphatic heterocycles. The first-order valence-corrected chi connectivity index (χ1v) is 37.5. The Labute approximate surface area is 660 Å². The molecule has 1 rings (SSSR count). The van der Waals surface area contributed by atoms with Crippen LogP contribution in [0, 0.1) is 23.7 Å². The number of hydrogen-bond donors (Lipinski definition) is 25. The Kier molecular flexibility index (Phi) is 46.8. The van der Waals surface area contributed by atoms with Crippen molar-refractivity contribution < 1.29 is 112 Å². The maximum Gasteiger partial charge on any atom is 0.326 e.